The van der Waals surface area contributed by atoms with E-state index < -0.39 is 6.10 Å². The highest BCUT2D eigenvalue weighted by molar-refractivity contribution is 8.07. The van der Waals surface area contributed by atoms with E-state index in [1.165, 1.54) is 5.75 Å². The largest absolute Gasteiger partial charge is 0.384 e. The molecule has 0 aliphatic carbocycles. The van der Waals surface area contributed by atoms with Gasteiger partial charge in [0.1, 0.15) is 11.9 Å². The molecular formula is C13H22N2OS2. The van der Waals surface area contributed by atoms with Crippen molar-refractivity contribution in [2.24, 2.45) is 0 Å². The molecular weight excluding hydrogens is 264 g/mol. The van der Waals surface area contributed by atoms with E-state index in [1.54, 1.807) is 6.20 Å². The van der Waals surface area contributed by atoms with Crippen LogP contribution < -0.4 is 0 Å². The lowest BCUT2D eigenvalue weighted by molar-refractivity contribution is 0.157. The Morgan fingerprint density at radius 2 is 2.22 bits per heavy atom. The molecule has 2 rings (SSSR count). The van der Waals surface area contributed by atoms with Crippen molar-refractivity contribution < 1.29 is 5.11 Å². The minimum Gasteiger partial charge on any atom is -0.384 e. The number of aryl methyl sites for hydroxylation is 1. The molecule has 18 heavy (non-hydrogen) atoms. The summed E-state index contributed by atoms with van der Waals surface area (Å²) in [4.78, 5) is 4.37. The molecule has 1 aliphatic heterocycles. The van der Waals surface area contributed by atoms with Gasteiger partial charge in [-0.25, -0.2) is 4.98 Å². The number of imidazole rings is 1. The fourth-order valence-electron chi connectivity index (χ4n) is 2.39. The third-order valence-corrected chi connectivity index (χ3v) is 6.62. The van der Waals surface area contributed by atoms with Gasteiger partial charge in [0.15, 0.2) is 0 Å². The summed E-state index contributed by atoms with van der Waals surface area (Å²) in [6.07, 6.45) is 5.53. The third kappa shape index (κ3) is 3.06. The second-order valence-electron chi connectivity index (χ2n) is 4.58. The number of hydrogen-bond acceptors (Lipinski definition) is 4. The summed E-state index contributed by atoms with van der Waals surface area (Å²) >= 11 is 3.90. The average molecular weight is 286 g/mol. The van der Waals surface area contributed by atoms with E-state index in [2.05, 4.69) is 23.4 Å². The maximum Gasteiger partial charge on any atom is 0.138 e. The van der Waals surface area contributed by atoms with E-state index in [1.807, 2.05) is 29.7 Å². The van der Waals surface area contributed by atoms with Crippen molar-refractivity contribution in [1.29, 1.82) is 0 Å². The Labute approximate surface area is 118 Å². The second-order valence-corrected chi connectivity index (χ2v) is 7.21. The number of aliphatic hydroxyl groups is 1. The van der Waals surface area contributed by atoms with Crippen molar-refractivity contribution in [1.82, 2.24) is 9.55 Å². The van der Waals surface area contributed by atoms with E-state index >= 15 is 0 Å². The highest BCUT2D eigenvalue weighted by Gasteiger charge is 2.33. The first-order chi connectivity index (χ1) is 8.77. The van der Waals surface area contributed by atoms with E-state index in [0.29, 0.717) is 5.25 Å². The molecule has 0 aromatic carbocycles. The Kier molecular flexibility index (Phi) is 5.45. The minimum absolute atomic E-state index is 0.284. The Hall–Kier alpha value is -0.130. The molecule has 5 heteroatoms. The van der Waals surface area contributed by atoms with E-state index in [0.717, 1.165) is 31.0 Å². The maximum absolute atomic E-state index is 10.6. The van der Waals surface area contributed by atoms with Gasteiger partial charge in [-0.05, 0) is 12.8 Å². The van der Waals surface area contributed by atoms with Gasteiger partial charge in [0.2, 0.25) is 0 Å². The minimum atomic E-state index is -0.436. The molecule has 3 unspecified atom stereocenters. The lowest BCUT2D eigenvalue weighted by Gasteiger charge is -2.33. The van der Waals surface area contributed by atoms with Crippen molar-refractivity contribution >= 4 is 23.5 Å². The molecule has 3 nitrogen and oxygen atoms in total. The summed E-state index contributed by atoms with van der Waals surface area (Å²) < 4.78 is 2.09. The standard InChI is InChI=1S/C13H22N2OS2/c1-3-6-15-7-5-14-13(15)11(16)12-10(4-2)17-8-9-18-12/h5,7,10-12,16H,3-4,6,8-9H2,1-2H3. The first kappa shape index (κ1) is 14.3. The van der Waals surface area contributed by atoms with Crippen molar-refractivity contribution in [3.05, 3.63) is 18.2 Å². The number of hydrogen-bond donors (Lipinski definition) is 1. The summed E-state index contributed by atoms with van der Waals surface area (Å²) in [5, 5.41) is 11.5. The van der Waals surface area contributed by atoms with Gasteiger partial charge in [-0.1, -0.05) is 13.8 Å². The fourth-order valence-corrected chi connectivity index (χ4v) is 5.50. The summed E-state index contributed by atoms with van der Waals surface area (Å²) in [5.74, 6) is 3.18. The fraction of sp³-hybridized carbons (Fsp3) is 0.769. The second kappa shape index (κ2) is 6.87. The predicted octanol–water partition coefficient (Wildman–Crippen LogP) is 2.95. The molecule has 0 radical (unpaired) electrons. The van der Waals surface area contributed by atoms with Gasteiger partial charge in [-0.2, -0.15) is 23.5 Å². The van der Waals surface area contributed by atoms with Crippen LogP contribution in [0.5, 0.6) is 0 Å². The molecule has 0 amide bonds. The lowest BCUT2D eigenvalue weighted by Crippen LogP contribution is -2.32. The molecule has 1 aromatic heterocycles. The van der Waals surface area contributed by atoms with Gasteiger partial charge < -0.3 is 9.67 Å². The maximum atomic E-state index is 10.6. The highest BCUT2D eigenvalue weighted by atomic mass is 32.2. The zero-order chi connectivity index (χ0) is 13.0. The van der Waals surface area contributed by atoms with Crippen LogP contribution in [0, 0.1) is 0 Å². The Bertz CT molecular complexity index is 370. The van der Waals surface area contributed by atoms with Crippen LogP contribution in [0.3, 0.4) is 0 Å². The monoisotopic (exact) mass is 286 g/mol. The first-order valence-electron chi connectivity index (χ1n) is 6.70. The van der Waals surface area contributed by atoms with Gasteiger partial charge in [0.05, 0.1) is 0 Å². The van der Waals surface area contributed by atoms with Crippen molar-refractivity contribution in [3.8, 4) is 0 Å². The molecule has 1 saturated heterocycles. The van der Waals surface area contributed by atoms with Crippen LogP contribution in [-0.2, 0) is 6.54 Å². The smallest absolute Gasteiger partial charge is 0.138 e. The Morgan fingerprint density at radius 3 is 2.94 bits per heavy atom. The van der Waals surface area contributed by atoms with Crippen LogP contribution in [0.15, 0.2) is 12.4 Å². The predicted molar refractivity (Wildman–Crippen MR) is 80.3 cm³/mol. The van der Waals surface area contributed by atoms with E-state index in [9.17, 15) is 5.11 Å². The molecule has 2 heterocycles. The van der Waals surface area contributed by atoms with Crippen LogP contribution in [0.2, 0.25) is 0 Å². The SMILES string of the molecule is CCCn1ccnc1C(O)C1SCCSC1CC. The number of rotatable bonds is 5. The van der Waals surface area contributed by atoms with Crippen LogP contribution >= 0.6 is 23.5 Å². The van der Waals surface area contributed by atoms with Crippen LogP contribution in [0.25, 0.3) is 0 Å². The normalized spacial score (nSPS) is 26.2. The number of aromatic nitrogens is 2. The van der Waals surface area contributed by atoms with Crippen LogP contribution in [0.4, 0.5) is 0 Å². The zero-order valence-electron chi connectivity index (χ0n) is 11.1. The summed E-state index contributed by atoms with van der Waals surface area (Å²) in [5.41, 5.74) is 0. The molecule has 3 atom stereocenters. The molecule has 0 saturated carbocycles. The summed E-state index contributed by atoms with van der Waals surface area (Å²) in [6, 6.07) is 0. The van der Waals surface area contributed by atoms with Crippen molar-refractivity contribution in [2.45, 2.75) is 49.8 Å². The zero-order valence-corrected chi connectivity index (χ0v) is 12.7. The van der Waals surface area contributed by atoms with Gasteiger partial charge in [0, 0.05) is 40.9 Å². The molecule has 1 N–H and O–H groups in total. The molecule has 1 fully saturated rings. The number of thioether (sulfide) groups is 2. The average Bonchev–Trinajstić information content (AvgIpc) is 2.86. The van der Waals surface area contributed by atoms with Gasteiger partial charge in [0.25, 0.3) is 0 Å². The van der Waals surface area contributed by atoms with E-state index in [4.69, 9.17) is 0 Å². The molecule has 0 spiro atoms. The van der Waals surface area contributed by atoms with E-state index in [-0.39, 0.29) is 5.25 Å². The van der Waals surface area contributed by atoms with Crippen molar-refractivity contribution in [3.63, 3.8) is 0 Å². The molecule has 102 valence electrons. The van der Waals surface area contributed by atoms with Gasteiger partial charge in [-0.15, -0.1) is 0 Å². The summed E-state index contributed by atoms with van der Waals surface area (Å²) in [7, 11) is 0. The third-order valence-electron chi connectivity index (χ3n) is 3.28. The number of aliphatic hydroxyl groups excluding tert-OH is 1. The number of nitrogens with zero attached hydrogens (tertiary/aromatic N) is 2. The van der Waals surface area contributed by atoms with Crippen molar-refractivity contribution in [2.75, 3.05) is 11.5 Å². The Balaban J connectivity index is 2.13. The van der Waals surface area contributed by atoms with Gasteiger partial charge >= 0.3 is 0 Å². The highest BCUT2D eigenvalue weighted by Crippen LogP contribution is 2.39. The van der Waals surface area contributed by atoms with Gasteiger partial charge in [-0.3, -0.25) is 0 Å². The summed E-state index contributed by atoms with van der Waals surface area (Å²) in [6.45, 7) is 5.30. The molecule has 1 aromatic rings. The molecule has 1 aliphatic rings. The van der Waals surface area contributed by atoms with Crippen LogP contribution in [-0.4, -0.2) is 36.7 Å². The van der Waals surface area contributed by atoms with Crippen LogP contribution in [0.1, 0.15) is 38.6 Å². The topological polar surface area (TPSA) is 38.0 Å². The lowest BCUT2D eigenvalue weighted by atomic mass is 10.1. The quantitative estimate of drug-likeness (QED) is 0.903. The molecule has 0 bridgehead atoms. The Morgan fingerprint density at radius 1 is 1.44 bits per heavy atom. The first-order valence-corrected chi connectivity index (χ1v) is 8.80.